The van der Waals surface area contributed by atoms with Crippen molar-refractivity contribution in [2.24, 2.45) is 0 Å². The van der Waals surface area contributed by atoms with Crippen LogP contribution in [-0.2, 0) is 11.3 Å². The largest absolute Gasteiger partial charge is 0.454 e. The van der Waals surface area contributed by atoms with E-state index in [9.17, 15) is 14.9 Å². The van der Waals surface area contributed by atoms with Gasteiger partial charge in [0.25, 0.3) is 5.69 Å². The van der Waals surface area contributed by atoms with Gasteiger partial charge in [0.1, 0.15) is 6.61 Å². The average Bonchev–Trinajstić information content (AvgIpc) is 3.00. The zero-order chi connectivity index (χ0) is 16.2. The summed E-state index contributed by atoms with van der Waals surface area (Å²) >= 11 is 0. The van der Waals surface area contributed by atoms with Gasteiger partial charge in [-0.05, 0) is 18.9 Å². The second-order valence-electron chi connectivity index (χ2n) is 5.65. The summed E-state index contributed by atoms with van der Waals surface area (Å²) in [6.45, 7) is -0.162. The highest BCUT2D eigenvalue weighted by Gasteiger charge is 2.24. The number of rotatable bonds is 4. The predicted molar refractivity (Wildman–Crippen MR) is 79.4 cm³/mol. The standard InChI is InChI=1S/C15H18N2O6/c18-15(16-11-4-2-1-3-5-11)21-8-10-6-13-14(23-9-22-13)7-12(10)17(19)20/h6-7,11H,1-5,8-9H2,(H,16,18). The van der Waals surface area contributed by atoms with Crippen molar-refractivity contribution in [3.05, 3.63) is 27.8 Å². The summed E-state index contributed by atoms with van der Waals surface area (Å²) in [7, 11) is 0. The summed E-state index contributed by atoms with van der Waals surface area (Å²) in [6, 6.07) is 2.90. The number of hydrogen-bond donors (Lipinski definition) is 1. The van der Waals surface area contributed by atoms with E-state index in [1.54, 1.807) is 0 Å². The number of carbonyl (C=O) groups excluding carboxylic acids is 1. The van der Waals surface area contributed by atoms with Gasteiger partial charge >= 0.3 is 6.09 Å². The van der Waals surface area contributed by atoms with Crippen molar-refractivity contribution in [1.82, 2.24) is 5.32 Å². The van der Waals surface area contributed by atoms with Crippen LogP contribution in [0.3, 0.4) is 0 Å². The van der Waals surface area contributed by atoms with E-state index in [1.165, 1.54) is 18.6 Å². The van der Waals surface area contributed by atoms with Crippen LogP contribution in [-0.4, -0.2) is 23.9 Å². The average molecular weight is 322 g/mol. The zero-order valence-corrected chi connectivity index (χ0v) is 12.6. The van der Waals surface area contributed by atoms with Crippen LogP contribution in [0.5, 0.6) is 11.5 Å². The molecule has 1 heterocycles. The topological polar surface area (TPSA) is 99.9 Å². The maximum absolute atomic E-state index is 11.8. The molecule has 3 rings (SSSR count). The third-order valence-electron chi connectivity index (χ3n) is 4.06. The smallest absolute Gasteiger partial charge is 0.407 e. The monoisotopic (exact) mass is 322 g/mol. The first-order valence-electron chi connectivity index (χ1n) is 7.63. The highest BCUT2D eigenvalue weighted by atomic mass is 16.7. The van der Waals surface area contributed by atoms with Crippen LogP contribution in [0.25, 0.3) is 0 Å². The minimum absolute atomic E-state index is 0.0268. The number of benzene rings is 1. The van der Waals surface area contributed by atoms with Gasteiger partial charge in [-0.3, -0.25) is 10.1 Å². The maximum Gasteiger partial charge on any atom is 0.407 e. The summed E-state index contributed by atoms with van der Waals surface area (Å²) in [5.74, 6) is 0.744. The molecule has 8 nitrogen and oxygen atoms in total. The summed E-state index contributed by atoms with van der Waals surface area (Å²) in [5.41, 5.74) is 0.123. The molecule has 0 spiro atoms. The molecule has 1 amide bonds. The van der Waals surface area contributed by atoms with E-state index in [0.717, 1.165) is 25.7 Å². The Morgan fingerprint density at radius 3 is 2.65 bits per heavy atom. The molecule has 0 bridgehead atoms. The molecule has 0 aromatic heterocycles. The van der Waals surface area contributed by atoms with E-state index in [-0.39, 0.29) is 30.7 Å². The van der Waals surface area contributed by atoms with E-state index >= 15 is 0 Å². The first-order chi connectivity index (χ1) is 11.1. The fraction of sp³-hybridized carbons (Fsp3) is 0.533. The van der Waals surface area contributed by atoms with Crippen molar-refractivity contribution >= 4 is 11.8 Å². The minimum atomic E-state index is -0.552. The Kier molecular flexibility index (Phi) is 4.50. The zero-order valence-electron chi connectivity index (χ0n) is 12.6. The second kappa shape index (κ2) is 6.72. The van der Waals surface area contributed by atoms with Crippen LogP contribution >= 0.6 is 0 Å². The van der Waals surface area contributed by atoms with Gasteiger partial charge in [0.15, 0.2) is 11.5 Å². The molecule has 8 heteroatoms. The van der Waals surface area contributed by atoms with E-state index in [4.69, 9.17) is 14.2 Å². The molecule has 1 fully saturated rings. The molecule has 1 N–H and O–H groups in total. The van der Waals surface area contributed by atoms with Crippen molar-refractivity contribution in [3.63, 3.8) is 0 Å². The molecule has 1 aliphatic carbocycles. The van der Waals surface area contributed by atoms with Gasteiger partial charge in [-0.25, -0.2) is 4.79 Å². The van der Waals surface area contributed by atoms with Crippen LogP contribution in [0.2, 0.25) is 0 Å². The van der Waals surface area contributed by atoms with Gasteiger partial charge in [0.05, 0.1) is 16.6 Å². The molecule has 23 heavy (non-hydrogen) atoms. The molecule has 2 aliphatic rings. The van der Waals surface area contributed by atoms with Crippen LogP contribution in [0.15, 0.2) is 12.1 Å². The molecule has 0 radical (unpaired) electrons. The Hall–Kier alpha value is -2.51. The molecule has 0 unspecified atom stereocenters. The summed E-state index contributed by atoms with van der Waals surface area (Å²) < 4.78 is 15.5. The number of hydrogen-bond acceptors (Lipinski definition) is 6. The normalized spacial score (nSPS) is 16.9. The van der Waals surface area contributed by atoms with Crippen LogP contribution in [0.1, 0.15) is 37.7 Å². The number of nitrogens with zero attached hydrogens (tertiary/aromatic N) is 1. The number of nitrogens with one attached hydrogen (secondary N) is 1. The van der Waals surface area contributed by atoms with E-state index in [1.807, 2.05) is 0 Å². The number of carbonyl (C=O) groups is 1. The van der Waals surface area contributed by atoms with Crippen molar-refractivity contribution in [2.75, 3.05) is 6.79 Å². The molecule has 124 valence electrons. The highest BCUT2D eigenvalue weighted by molar-refractivity contribution is 5.68. The Morgan fingerprint density at radius 1 is 1.26 bits per heavy atom. The van der Waals surface area contributed by atoms with E-state index < -0.39 is 11.0 Å². The lowest BCUT2D eigenvalue weighted by Crippen LogP contribution is -2.36. The second-order valence-corrected chi connectivity index (χ2v) is 5.65. The number of nitro benzene ring substituents is 1. The van der Waals surface area contributed by atoms with Gasteiger partial charge in [-0.2, -0.15) is 0 Å². The van der Waals surface area contributed by atoms with E-state index in [2.05, 4.69) is 5.32 Å². The number of fused-ring (bicyclic) bond motifs is 1. The summed E-state index contributed by atoms with van der Waals surface area (Å²) in [4.78, 5) is 22.4. The first-order valence-corrected chi connectivity index (χ1v) is 7.63. The quantitative estimate of drug-likeness (QED) is 0.676. The SMILES string of the molecule is O=C(NC1CCCCC1)OCc1cc2c(cc1[N+](=O)[O-])OCO2. The fourth-order valence-corrected chi connectivity index (χ4v) is 2.86. The lowest BCUT2D eigenvalue weighted by Gasteiger charge is -2.22. The third kappa shape index (κ3) is 3.64. The minimum Gasteiger partial charge on any atom is -0.454 e. The van der Waals surface area contributed by atoms with Gasteiger partial charge in [0, 0.05) is 6.04 Å². The Morgan fingerprint density at radius 2 is 1.96 bits per heavy atom. The van der Waals surface area contributed by atoms with Crippen LogP contribution in [0.4, 0.5) is 10.5 Å². The maximum atomic E-state index is 11.8. The molecule has 0 atom stereocenters. The van der Waals surface area contributed by atoms with Crippen molar-refractivity contribution in [1.29, 1.82) is 0 Å². The molecule has 1 aromatic carbocycles. The number of nitro groups is 1. The molecule has 0 saturated heterocycles. The van der Waals surface area contributed by atoms with Crippen LogP contribution in [0, 0.1) is 10.1 Å². The molecular weight excluding hydrogens is 304 g/mol. The summed E-state index contributed by atoms with van der Waals surface area (Å²) in [5, 5.41) is 13.9. The lowest BCUT2D eigenvalue weighted by molar-refractivity contribution is -0.385. The molecule has 1 saturated carbocycles. The van der Waals surface area contributed by atoms with E-state index in [0.29, 0.717) is 11.5 Å². The molecule has 1 aromatic rings. The predicted octanol–water partition coefficient (Wildman–Crippen LogP) is 2.88. The Labute approximate surface area is 132 Å². The number of amides is 1. The van der Waals surface area contributed by atoms with Crippen molar-refractivity contribution in [3.8, 4) is 11.5 Å². The number of alkyl carbamates (subject to hydrolysis) is 1. The molecular formula is C15H18N2O6. The first kappa shape index (κ1) is 15.4. The van der Waals surface area contributed by atoms with Crippen LogP contribution < -0.4 is 14.8 Å². The number of ether oxygens (including phenoxy) is 3. The highest BCUT2D eigenvalue weighted by Crippen LogP contribution is 2.38. The van der Waals surface area contributed by atoms with Gasteiger partial charge in [0.2, 0.25) is 6.79 Å². The van der Waals surface area contributed by atoms with Crippen molar-refractivity contribution < 1.29 is 23.9 Å². The van der Waals surface area contributed by atoms with Gasteiger partial charge < -0.3 is 19.5 Å². The van der Waals surface area contributed by atoms with Gasteiger partial charge in [-0.1, -0.05) is 19.3 Å². The Bertz CT molecular complexity index is 612. The van der Waals surface area contributed by atoms with Gasteiger partial charge in [-0.15, -0.1) is 0 Å². The van der Waals surface area contributed by atoms with Crippen molar-refractivity contribution in [2.45, 2.75) is 44.8 Å². The third-order valence-corrected chi connectivity index (χ3v) is 4.06. The Balaban J connectivity index is 1.63. The fourth-order valence-electron chi connectivity index (χ4n) is 2.86. The molecule has 1 aliphatic heterocycles. The summed E-state index contributed by atoms with van der Waals surface area (Å²) in [6.07, 6.45) is 4.72. The lowest BCUT2D eigenvalue weighted by atomic mass is 9.96.